The minimum atomic E-state index is 0.187. The molecule has 1 saturated heterocycles. The predicted molar refractivity (Wildman–Crippen MR) is 95.0 cm³/mol. The van der Waals surface area contributed by atoms with Gasteiger partial charge in [0.1, 0.15) is 5.82 Å². The molecule has 0 saturated carbocycles. The molecule has 0 radical (unpaired) electrons. The Morgan fingerprint density at radius 1 is 0.958 bits per heavy atom. The van der Waals surface area contributed by atoms with Crippen LogP contribution in [0.2, 0.25) is 0 Å². The van der Waals surface area contributed by atoms with Crippen LogP contribution in [0.25, 0.3) is 22.3 Å². The van der Waals surface area contributed by atoms with Crippen LogP contribution in [-0.2, 0) is 4.74 Å². The molecule has 5 nitrogen and oxygen atoms in total. The van der Waals surface area contributed by atoms with Crippen LogP contribution in [0.1, 0.15) is 13.8 Å². The monoisotopic (exact) mass is 320 g/mol. The zero-order valence-electron chi connectivity index (χ0n) is 13.9. The van der Waals surface area contributed by atoms with Gasteiger partial charge in [-0.3, -0.25) is 4.98 Å². The van der Waals surface area contributed by atoms with Crippen molar-refractivity contribution in [2.24, 2.45) is 0 Å². The first-order chi connectivity index (χ1) is 11.7. The predicted octanol–water partition coefficient (Wildman–Crippen LogP) is 3.31. The molecule has 1 aromatic carbocycles. The third-order valence-electron chi connectivity index (χ3n) is 4.24. The fourth-order valence-electron chi connectivity index (χ4n) is 3.28. The first kappa shape index (κ1) is 15.0. The Morgan fingerprint density at radius 2 is 1.67 bits per heavy atom. The number of ether oxygens (including phenoxy) is 1. The first-order valence-electron chi connectivity index (χ1n) is 8.28. The van der Waals surface area contributed by atoms with Crippen molar-refractivity contribution in [2.45, 2.75) is 26.1 Å². The van der Waals surface area contributed by atoms with E-state index in [9.17, 15) is 0 Å². The molecule has 0 bridgehead atoms. The smallest absolute Gasteiger partial charge is 0.162 e. The molecule has 0 N–H and O–H groups in total. The topological polar surface area (TPSA) is 51.1 Å². The number of aromatic nitrogens is 3. The molecule has 2 aromatic heterocycles. The van der Waals surface area contributed by atoms with E-state index in [0.29, 0.717) is 0 Å². The van der Waals surface area contributed by atoms with Gasteiger partial charge >= 0.3 is 0 Å². The molecule has 0 spiro atoms. The van der Waals surface area contributed by atoms with Crippen LogP contribution in [0.4, 0.5) is 5.82 Å². The number of rotatable bonds is 2. The van der Waals surface area contributed by atoms with Gasteiger partial charge in [-0.1, -0.05) is 12.1 Å². The summed E-state index contributed by atoms with van der Waals surface area (Å²) in [5.74, 6) is 1.72. The highest BCUT2D eigenvalue weighted by atomic mass is 16.5. The second-order valence-corrected chi connectivity index (χ2v) is 6.29. The van der Waals surface area contributed by atoms with Crippen molar-refractivity contribution in [1.82, 2.24) is 15.0 Å². The van der Waals surface area contributed by atoms with Gasteiger partial charge in [0.15, 0.2) is 5.82 Å². The second kappa shape index (κ2) is 6.17. The van der Waals surface area contributed by atoms with Crippen LogP contribution in [0.5, 0.6) is 0 Å². The lowest BCUT2D eigenvalue weighted by Crippen LogP contribution is -2.46. The average Bonchev–Trinajstić information content (AvgIpc) is 2.60. The van der Waals surface area contributed by atoms with E-state index >= 15 is 0 Å². The third-order valence-corrected chi connectivity index (χ3v) is 4.24. The summed E-state index contributed by atoms with van der Waals surface area (Å²) in [5.41, 5.74) is 1.94. The molecule has 3 aromatic rings. The van der Waals surface area contributed by atoms with E-state index in [0.717, 1.165) is 41.2 Å². The van der Waals surface area contributed by atoms with Gasteiger partial charge in [-0.05, 0) is 38.1 Å². The van der Waals surface area contributed by atoms with Gasteiger partial charge in [0, 0.05) is 36.4 Å². The zero-order valence-corrected chi connectivity index (χ0v) is 13.9. The van der Waals surface area contributed by atoms with Crippen LogP contribution in [0.3, 0.4) is 0 Å². The highest BCUT2D eigenvalue weighted by Gasteiger charge is 2.25. The normalized spacial score (nSPS) is 21.2. The molecule has 0 amide bonds. The largest absolute Gasteiger partial charge is 0.372 e. The van der Waals surface area contributed by atoms with Gasteiger partial charge in [-0.15, -0.1) is 0 Å². The summed E-state index contributed by atoms with van der Waals surface area (Å²) < 4.78 is 5.87. The van der Waals surface area contributed by atoms with E-state index in [2.05, 4.69) is 29.8 Å². The number of hydrogen-bond donors (Lipinski definition) is 0. The highest BCUT2D eigenvalue weighted by molar-refractivity contribution is 5.91. The maximum absolute atomic E-state index is 5.87. The number of anilines is 1. The lowest BCUT2D eigenvalue weighted by molar-refractivity contribution is -0.00536. The average molecular weight is 320 g/mol. The molecule has 4 rings (SSSR count). The summed E-state index contributed by atoms with van der Waals surface area (Å²) in [6.45, 7) is 5.88. The van der Waals surface area contributed by atoms with Gasteiger partial charge in [-0.2, -0.15) is 0 Å². The zero-order chi connectivity index (χ0) is 16.5. The molecule has 1 aliphatic heterocycles. The van der Waals surface area contributed by atoms with Crippen molar-refractivity contribution in [3.05, 3.63) is 48.8 Å². The lowest BCUT2D eigenvalue weighted by atomic mass is 10.1. The summed E-state index contributed by atoms with van der Waals surface area (Å²) in [6, 6.07) is 12.1. The van der Waals surface area contributed by atoms with Gasteiger partial charge in [-0.25, -0.2) is 9.97 Å². The van der Waals surface area contributed by atoms with E-state index in [1.54, 1.807) is 12.4 Å². The number of pyridine rings is 1. The van der Waals surface area contributed by atoms with E-state index < -0.39 is 0 Å². The van der Waals surface area contributed by atoms with Gasteiger partial charge < -0.3 is 9.64 Å². The minimum Gasteiger partial charge on any atom is -0.372 e. The maximum atomic E-state index is 5.87. The van der Waals surface area contributed by atoms with E-state index in [4.69, 9.17) is 14.7 Å². The molecule has 3 heterocycles. The molecule has 122 valence electrons. The number of nitrogens with zero attached hydrogens (tertiary/aromatic N) is 4. The van der Waals surface area contributed by atoms with Crippen LogP contribution < -0.4 is 4.90 Å². The fourth-order valence-corrected chi connectivity index (χ4v) is 3.28. The Morgan fingerprint density at radius 3 is 2.42 bits per heavy atom. The summed E-state index contributed by atoms with van der Waals surface area (Å²) in [7, 11) is 0. The first-order valence-corrected chi connectivity index (χ1v) is 8.28. The van der Waals surface area contributed by atoms with Gasteiger partial charge in [0.05, 0.1) is 17.7 Å². The second-order valence-electron chi connectivity index (χ2n) is 6.29. The van der Waals surface area contributed by atoms with Crippen LogP contribution in [-0.4, -0.2) is 40.2 Å². The number of fused-ring (bicyclic) bond motifs is 1. The Hall–Kier alpha value is -2.53. The number of benzene rings is 1. The van der Waals surface area contributed by atoms with Crippen LogP contribution in [0.15, 0.2) is 48.8 Å². The minimum absolute atomic E-state index is 0.187. The standard InChI is InChI=1S/C19H20N4O/c1-13-11-23(12-14(2)24-13)19-16-5-3-4-6-17(16)21-18(22-19)15-7-9-20-10-8-15/h3-10,13-14H,11-12H2,1-2H3/t13-,14+. The lowest BCUT2D eigenvalue weighted by Gasteiger charge is -2.36. The summed E-state index contributed by atoms with van der Waals surface area (Å²) in [4.78, 5) is 16.0. The molecule has 1 aliphatic rings. The highest BCUT2D eigenvalue weighted by Crippen LogP contribution is 2.29. The van der Waals surface area contributed by atoms with E-state index in [-0.39, 0.29) is 12.2 Å². The Kier molecular flexibility index (Phi) is 3.86. The van der Waals surface area contributed by atoms with Gasteiger partial charge in [0.25, 0.3) is 0 Å². The van der Waals surface area contributed by atoms with E-state index in [1.165, 1.54) is 0 Å². The maximum Gasteiger partial charge on any atom is 0.162 e. The SMILES string of the molecule is C[C@@H]1CN(c2nc(-c3ccncc3)nc3ccccc23)C[C@H](C)O1. The summed E-state index contributed by atoms with van der Waals surface area (Å²) in [6.07, 6.45) is 3.91. The van der Waals surface area contributed by atoms with E-state index in [1.807, 2.05) is 30.3 Å². The molecule has 1 fully saturated rings. The van der Waals surface area contributed by atoms with Crippen molar-refractivity contribution < 1.29 is 4.74 Å². The van der Waals surface area contributed by atoms with Crippen molar-refractivity contribution in [2.75, 3.05) is 18.0 Å². The number of hydrogen-bond acceptors (Lipinski definition) is 5. The quantitative estimate of drug-likeness (QED) is 0.725. The van der Waals surface area contributed by atoms with Gasteiger partial charge in [0.2, 0.25) is 0 Å². The molecule has 5 heteroatoms. The van der Waals surface area contributed by atoms with Crippen molar-refractivity contribution in [3.63, 3.8) is 0 Å². The Balaban J connectivity index is 1.87. The third kappa shape index (κ3) is 2.83. The van der Waals surface area contributed by atoms with Crippen molar-refractivity contribution >= 4 is 16.7 Å². The molecule has 24 heavy (non-hydrogen) atoms. The summed E-state index contributed by atoms with van der Waals surface area (Å²) in [5, 5.41) is 1.08. The molecule has 0 aliphatic carbocycles. The number of para-hydroxylation sites is 1. The van der Waals surface area contributed by atoms with Crippen molar-refractivity contribution in [1.29, 1.82) is 0 Å². The molecular weight excluding hydrogens is 300 g/mol. The van der Waals surface area contributed by atoms with Crippen molar-refractivity contribution in [3.8, 4) is 11.4 Å². The Bertz CT molecular complexity index is 842. The molecular formula is C19H20N4O. The molecule has 0 unspecified atom stereocenters. The fraction of sp³-hybridized carbons (Fsp3) is 0.316. The van der Waals surface area contributed by atoms with Crippen LogP contribution in [0, 0.1) is 0 Å². The number of morpholine rings is 1. The van der Waals surface area contributed by atoms with Crippen LogP contribution >= 0.6 is 0 Å². The summed E-state index contributed by atoms with van der Waals surface area (Å²) >= 11 is 0. The Labute approximate surface area is 141 Å². The molecule has 2 atom stereocenters.